The van der Waals surface area contributed by atoms with Crippen molar-refractivity contribution < 1.29 is 4.74 Å². The molecule has 0 saturated carbocycles. The number of aryl methyl sites for hydroxylation is 2. The maximum absolute atomic E-state index is 5.77. The van der Waals surface area contributed by atoms with Crippen molar-refractivity contribution >= 4 is 0 Å². The molecule has 0 aliphatic carbocycles. The molecule has 76 valence electrons. The number of nitrogens with zero attached hydrogens (tertiary/aromatic N) is 1. The Morgan fingerprint density at radius 1 is 1.43 bits per heavy atom. The van der Waals surface area contributed by atoms with E-state index in [1.165, 1.54) is 11.3 Å². The van der Waals surface area contributed by atoms with Gasteiger partial charge >= 0.3 is 0 Å². The van der Waals surface area contributed by atoms with Crippen molar-refractivity contribution in [1.29, 1.82) is 0 Å². The molecule has 0 radical (unpaired) electrons. The minimum atomic E-state index is 0.323. The smallest absolute Gasteiger partial charge is 0.144 e. The molecule has 0 unspecified atom stereocenters. The van der Waals surface area contributed by atoms with Crippen LogP contribution in [-0.4, -0.2) is 11.1 Å². The van der Waals surface area contributed by atoms with Gasteiger partial charge in [-0.2, -0.15) is 0 Å². The molecule has 1 aromatic heterocycles. The first-order valence-corrected chi connectivity index (χ1v) is 5.42. The zero-order valence-corrected chi connectivity index (χ0v) is 9.13. The molecule has 14 heavy (non-hydrogen) atoms. The van der Waals surface area contributed by atoms with Gasteiger partial charge in [0.05, 0.1) is 5.69 Å². The largest absolute Gasteiger partial charge is 0.488 e. The molecule has 2 nitrogen and oxygen atoms in total. The summed E-state index contributed by atoms with van der Waals surface area (Å²) in [5.41, 5.74) is 3.67. The third-order valence-corrected chi connectivity index (χ3v) is 2.70. The number of aromatic nitrogens is 1. The van der Waals surface area contributed by atoms with Gasteiger partial charge in [-0.15, -0.1) is 0 Å². The van der Waals surface area contributed by atoms with Crippen LogP contribution in [0.2, 0.25) is 0 Å². The van der Waals surface area contributed by atoms with Crippen LogP contribution in [-0.2, 0) is 19.3 Å². The van der Waals surface area contributed by atoms with Crippen LogP contribution in [0.15, 0.2) is 6.07 Å². The predicted octanol–water partition coefficient (Wildman–Crippen LogP) is 2.53. The third-order valence-electron chi connectivity index (χ3n) is 2.70. The summed E-state index contributed by atoms with van der Waals surface area (Å²) in [5.74, 6) is 1.05. The minimum Gasteiger partial charge on any atom is -0.488 e. The second-order valence-electron chi connectivity index (χ2n) is 3.89. The van der Waals surface area contributed by atoms with Gasteiger partial charge in [0.1, 0.15) is 11.9 Å². The van der Waals surface area contributed by atoms with E-state index in [1.54, 1.807) is 0 Å². The van der Waals surface area contributed by atoms with Gasteiger partial charge in [-0.05, 0) is 25.8 Å². The van der Waals surface area contributed by atoms with Crippen molar-refractivity contribution in [1.82, 2.24) is 4.98 Å². The molecule has 0 fully saturated rings. The van der Waals surface area contributed by atoms with Crippen LogP contribution in [0.25, 0.3) is 0 Å². The van der Waals surface area contributed by atoms with Gasteiger partial charge in [-0.25, -0.2) is 0 Å². The summed E-state index contributed by atoms with van der Waals surface area (Å²) >= 11 is 0. The molecule has 0 amide bonds. The molecule has 1 aliphatic heterocycles. The van der Waals surface area contributed by atoms with Gasteiger partial charge in [-0.3, -0.25) is 4.98 Å². The average molecular weight is 191 g/mol. The standard InChI is InChI=1S/C12H17NO/c1-4-10-7-9-6-8(3)14-12(9)11(5-2)13-10/h7-8H,4-6H2,1-3H3/t8-/m1/s1. The minimum absolute atomic E-state index is 0.323. The van der Waals surface area contributed by atoms with E-state index >= 15 is 0 Å². The number of hydrogen-bond acceptors (Lipinski definition) is 2. The molecule has 1 aromatic rings. The van der Waals surface area contributed by atoms with Crippen molar-refractivity contribution in [3.63, 3.8) is 0 Å². The van der Waals surface area contributed by atoms with E-state index in [9.17, 15) is 0 Å². The first kappa shape index (κ1) is 9.50. The fraction of sp³-hybridized carbons (Fsp3) is 0.583. The monoisotopic (exact) mass is 191 g/mol. The van der Waals surface area contributed by atoms with E-state index in [2.05, 4.69) is 31.8 Å². The number of ether oxygens (including phenoxy) is 1. The maximum atomic E-state index is 5.77. The van der Waals surface area contributed by atoms with E-state index in [0.29, 0.717) is 6.10 Å². The molecule has 2 heteroatoms. The molecule has 0 spiro atoms. The van der Waals surface area contributed by atoms with Gasteiger partial charge in [0.15, 0.2) is 0 Å². The molecular weight excluding hydrogens is 174 g/mol. The normalized spacial score (nSPS) is 19.2. The number of pyridine rings is 1. The van der Waals surface area contributed by atoms with Gasteiger partial charge in [-0.1, -0.05) is 13.8 Å². The van der Waals surface area contributed by atoms with Crippen LogP contribution < -0.4 is 4.74 Å². The second-order valence-corrected chi connectivity index (χ2v) is 3.89. The Morgan fingerprint density at radius 2 is 2.21 bits per heavy atom. The van der Waals surface area contributed by atoms with Gasteiger partial charge in [0.2, 0.25) is 0 Å². The highest BCUT2D eigenvalue weighted by Crippen LogP contribution is 2.32. The second kappa shape index (κ2) is 3.60. The van der Waals surface area contributed by atoms with Crippen molar-refractivity contribution in [3.05, 3.63) is 23.0 Å². The average Bonchev–Trinajstić information content (AvgIpc) is 2.56. The fourth-order valence-corrected chi connectivity index (χ4v) is 1.98. The molecule has 1 atom stereocenters. The summed E-state index contributed by atoms with van der Waals surface area (Å²) in [6.07, 6.45) is 3.33. The van der Waals surface area contributed by atoms with Crippen LogP contribution in [0.1, 0.15) is 37.7 Å². The lowest BCUT2D eigenvalue weighted by Crippen LogP contribution is -2.06. The van der Waals surface area contributed by atoms with Gasteiger partial charge in [0, 0.05) is 17.7 Å². The Balaban J connectivity index is 2.46. The quantitative estimate of drug-likeness (QED) is 0.716. The van der Waals surface area contributed by atoms with Crippen LogP contribution in [0.3, 0.4) is 0 Å². The van der Waals surface area contributed by atoms with Crippen LogP contribution in [0.5, 0.6) is 5.75 Å². The Labute approximate surface area is 85.3 Å². The lowest BCUT2D eigenvalue weighted by atomic mass is 10.1. The Hall–Kier alpha value is -1.05. The fourth-order valence-electron chi connectivity index (χ4n) is 1.98. The Bertz CT molecular complexity index is 346. The highest BCUT2D eigenvalue weighted by atomic mass is 16.5. The highest BCUT2D eigenvalue weighted by Gasteiger charge is 2.22. The maximum Gasteiger partial charge on any atom is 0.144 e. The van der Waals surface area contributed by atoms with E-state index in [0.717, 1.165) is 30.7 Å². The molecule has 0 saturated heterocycles. The van der Waals surface area contributed by atoms with E-state index in [1.807, 2.05) is 0 Å². The topological polar surface area (TPSA) is 22.1 Å². The summed E-state index contributed by atoms with van der Waals surface area (Å²) in [7, 11) is 0. The summed E-state index contributed by atoms with van der Waals surface area (Å²) < 4.78 is 5.77. The highest BCUT2D eigenvalue weighted by molar-refractivity contribution is 5.42. The molecular formula is C12H17NO. The first-order chi connectivity index (χ1) is 6.74. The molecule has 0 bridgehead atoms. The third kappa shape index (κ3) is 1.49. The zero-order valence-electron chi connectivity index (χ0n) is 9.13. The Morgan fingerprint density at radius 3 is 2.86 bits per heavy atom. The SMILES string of the molecule is CCc1cc2c(c(CC)n1)O[C@H](C)C2. The van der Waals surface area contributed by atoms with Crippen molar-refractivity contribution in [2.24, 2.45) is 0 Å². The summed E-state index contributed by atoms with van der Waals surface area (Å²) in [4.78, 5) is 4.59. The van der Waals surface area contributed by atoms with Crippen LogP contribution >= 0.6 is 0 Å². The lowest BCUT2D eigenvalue weighted by molar-refractivity contribution is 0.251. The number of hydrogen-bond donors (Lipinski definition) is 0. The number of rotatable bonds is 2. The van der Waals surface area contributed by atoms with Crippen molar-refractivity contribution in [2.45, 2.75) is 46.1 Å². The van der Waals surface area contributed by atoms with Crippen molar-refractivity contribution in [3.8, 4) is 5.75 Å². The van der Waals surface area contributed by atoms with Gasteiger partial charge in [0.25, 0.3) is 0 Å². The Kier molecular flexibility index (Phi) is 2.44. The van der Waals surface area contributed by atoms with E-state index in [4.69, 9.17) is 4.74 Å². The summed E-state index contributed by atoms with van der Waals surface area (Å²) in [6.45, 7) is 6.40. The van der Waals surface area contributed by atoms with Crippen molar-refractivity contribution in [2.75, 3.05) is 0 Å². The van der Waals surface area contributed by atoms with Gasteiger partial charge < -0.3 is 4.74 Å². The molecule has 1 aliphatic rings. The molecule has 0 aromatic carbocycles. The van der Waals surface area contributed by atoms with E-state index < -0.39 is 0 Å². The lowest BCUT2D eigenvalue weighted by Gasteiger charge is -2.08. The molecule has 2 heterocycles. The summed E-state index contributed by atoms with van der Waals surface area (Å²) in [5, 5.41) is 0. The van der Waals surface area contributed by atoms with Crippen LogP contribution in [0, 0.1) is 0 Å². The number of fused-ring (bicyclic) bond motifs is 1. The zero-order chi connectivity index (χ0) is 10.1. The predicted molar refractivity (Wildman–Crippen MR) is 56.8 cm³/mol. The summed E-state index contributed by atoms with van der Waals surface area (Å²) in [6, 6.07) is 2.19. The first-order valence-electron chi connectivity index (χ1n) is 5.42. The molecule has 2 rings (SSSR count). The van der Waals surface area contributed by atoms with Crippen LogP contribution in [0.4, 0.5) is 0 Å². The molecule has 0 N–H and O–H groups in total. The van der Waals surface area contributed by atoms with E-state index in [-0.39, 0.29) is 0 Å².